The van der Waals surface area contributed by atoms with Gasteiger partial charge in [-0.25, -0.2) is 0 Å². The van der Waals surface area contributed by atoms with E-state index in [-0.39, 0.29) is 0 Å². The summed E-state index contributed by atoms with van der Waals surface area (Å²) in [5, 5.41) is 1.80. The van der Waals surface area contributed by atoms with Gasteiger partial charge < -0.3 is 4.74 Å². The summed E-state index contributed by atoms with van der Waals surface area (Å²) in [6, 6.07) is 11.8. The molecule has 19 heavy (non-hydrogen) atoms. The van der Waals surface area contributed by atoms with Gasteiger partial charge in [0, 0.05) is 15.9 Å². The summed E-state index contributed by atoms with van der Waals surface area (Å²) < 4.78 is 5.83. The summed E-state index contributed by atoms with van der Waals surface area (Å²) in [6.07, 6.45) is 0. The molecule has 4 heteroatoms. The zero-order valence-electron chi connectivity index (χ0n) is 10.4. The molecule has 0 saturated heterocycles. The molecule has 1 nitrogen and oxygen atoms in total. The van der Waals surface area contributed by atoms with E-state index in [0.717, 1.165) is 11.1 Å². The molecule has 0 unspecified atom stereocenters. The van der Waals surface area contributed by atoms with E-state index in [0.29, 0.717) is 27.7 Å². The zero-order chi connectivity index (χ0) is 13.8. The van der Waals surface area contributed by atoms with Crippen LogP contribution in [0.2, 0.25) is 10.0 Å². The van der Waals surface area contributed by atoms with Crippen molar-refractivity contribution in [2.75, 3.05) is 0 Å². The van der Waals surface area contributed by atoms with E-state index in [4.69, 9.17) is 27.9 Å². The molecule has 0 spiro atoms. The Morgan fingerprint density at radius 1 is 1.16 bits per heavy atom. The van der Waals surface area contributed by atoms with Crippen LogP contribution >= 0.6 is 39.1 Å². The molecule has 0 aliphatic heterocycles. The summed E-state index contributed by atoms with van der Waals surface area (Å²) in [5.74, 6) is 0.685. The Kier molecular flexibility index (Phi) is 5.14. The van der Waals surface area contributed by atoms with Crippen LogP contribution in [-0.2, 0) is 11.9 Å². The van der Waals surface area contributed by atoms with Gasteiger partial charge in [-0.3, -0.25) is 0 Å². The number of hydrogen-bond donors (Lipinski definition) is 0. The molecular formula is C15H13BrCl2O. The lowest BCUT2D eigenvalue weighted by atomic mass is 10.1. The topological polar surface area (TPSA) is 9.23 Å². The number of ether oxygens (including phenoxy) is 1. The average Bonchev–Trinajstić information content (AvgIpc) is 2.37. The van der Waals surface area contributed by atoms with Gasteiger partial charge in [0.1, 0.15) is 12.4 Å². The number of aryl methyl sites for hydroxylation is 1. The summed E-state index contributed by atoms with van der Waals surface area (Å²) in [7, 11) is 0. The van der Waals surface area contributed by atoms with Crippen LogP contribution in [0, 0.1) is 6.92 Å². The predicted molar refractivity (Wildman–Crippen MR) is 84.6 cm³/mol. The van der Waals surface area contributed by atoms with E-state index in [1.807, 2.05) is 18.2 Å². The number of halogens is 3. The highest BCUT2D eigenvalue weighted by molar-refractivity contribution is 9.08. The maximum absolute atomic E-state index is 6.18. The minimum atomic E-state index is 0.489. The second-order valence-corrected chi connectivity index (χ2v) is 5.69. The van der Waals surface area contributed by atoms with Gasteiger partial charge in [-0.1, -0.05) is 69.0 Å². The molecule has 0 bridgehead atoms. The van der Waals surface area contributed by atoms with Crippen molar-refractivity contribution in [3.8, 4) is 5.75 Å². The normalized spacial score (nSPS) is 10.5. The van der Waals surface area contributed by atoms with Gasteiger partial charge in [-0.05, 0) is 24.6 Å². The number of benzene rings is 2. The van der Waals surface area contributed by atoms with Crippen LogP contribution < -0.4 is 4.74 Å². The molecule has 2 rings (SSSR count). The van der Waals surface area contributed by atoms with Crippen molar-refractivity contribution in [3.05, 3.63) is 63.1 Å². The van der Waals surface area contributed by atoms with Gasteiger partial charge in [-0.15, -0.1) is 0 Å². The highest BCUT2D eigenvalue weighted by atomic mass is 79.9. The van der Waals surface area contributed by atoms with Crippen LogP contribution in [0.4, 0.5) is 0 Å². The van der Waals surface area contributed by atoms with Crippen molar-refractivity contribution in [1.82, 2.24) is 0 Å². The maximum Gasteiger partial charge on any atom is 0.142 e. The molecular weight excluding hydrogens is 347 g/mol. The first-order valence-electron chi connectivity index (χ1n) is 5.82. The first kappa shape index (κ1) is 14.7. The van der Waals surface area contributed by atoms with Gasteiger partial charge in [0.2, 0.25) is 0 Å². The molecule has 0 atom stereocenters. The third-order valence-electron chi connectivity index (χ3n) is 2.69. The summed E-state index contributed by atoms with van der Waals surface area (Å²) >= 11 is 15.6. The lowest BCUT2D eigenvalue weighted by Crippen LogP contribution is -1.99. The highest BCUT2D eigenvalue weighted by Crippen LogP contribution is 2.34. The molecule has 2 aromatic rings. The smallest absolute Gasteiger partial charge is 0.142 e. The number of alkyl halides is 1. The molecule has 0 radical (unpaired) electrons. The monoisotopic (exact) mass is 358 g/mol. The molecule has 0 amide bonds. The van der Waals surface area contributed by atoms with Crippen molar-refractivity contribution in [3.63, 3.8) is 0 Å². The van der Waals surface area contributed by atoms with E-state index in [1.54, 1.807) is 6.07 Å². The molecule has 0 heterocycles. The Hall–Kier alpha value is -0.700. The molecule has 0 aliphatic carbocycles. The Morgan fingerprint density at radius 2 is 1.95 bits per heavy atom. The first-order chi connectivity index (χ1) is 9.10. The van der Waals surface area contributed by atoms with Crippen LogP contribution in [-0.4, -0.2) is 0 Å². The molecule has 0 aromatic heterocycles. The first-order valence-corrected chi connectivity index (χ1v) is 7.70. The van der Waals surface area contributed by atoms with Gasteiger partial charge in [0.05, 0.1) is 5.02 Å². The van der Waals surface area contributed by atoms with E-state index < -0.39 is 0 Å². The fourth-order valence-corrected chi connectivity index (χ4v) is 2.84. The Balaban J connectivity index is 2.19. The van der Waals surface area contributed by atoms with Crippen molar-refractivity contribution in [2.24, 2.45) is 0 Å². The quantitative estimate of drug-likeness (QED) is 0.629. The van der Waals surface area contributed by atoms with Crippen LogP contribution in [0.5, 0.6) is 5.75 Å². The molecule has 0 aliphatic rings. The number of rotatable bonds is 4. The molecule has 100 valence electrons. The van der Waals surface area contributed by atoms with E-state index in [9.17, 15) is 0 Å². The van der Waals surface area contributed by atoms with Crippen LogP contribution in [0.1, 0.15) is 16.7 Å². The SMILES string of the molecule is Cc1cccc(COc2c(Cl)cc(Cl)cc2CBr)c1. The van der Waals surface area contributed by atoms with Crippen molar-refractivity contribution < 1.29 is 4.74 Å². The summed E-state index contributed by atoms with van der Waals surface area (Å²) in [5.41, 5.74) is 3.28. The lowest BCUT2D eigenvalue weighted by Gasteiger charge is -2.13. The van der Waals surface area contributed by atoms with Gasteiger partial charge in [-0.2, -0.15) is 0 Å². The van der Waals surface area contributed by atoms with Gasteiger partial charge in [0.25, 0.3) is 0 Å². The van der Waals surface area contributed by atoms with Crippen LogP contribution in [0.15, 0.2) is 36.4 Å². The van der Waals surface area contributed by atoms with Crippen molar-refractivity contribution >= 4 is 39.1 Å². The second kappa shape index (κ2) is 6.65. The Morgan fingerprint density at radius 3 is 2.63 bits per heavy atom. The largest absolute Gasteiger partial charge is 0.487 e. The Bertz CT molecular complexity index is 584. The van der Waals surface area contributed by atoms with Crippen LogP contribution in [0.25, 0.3) is 0 Å². The average molecular weight is 360 g/mol. The minimum Gasteiger partial charge on any atom is -0.487 e. The third kappa shape index (κ3) is 3.88. The molecule has 0 N–H and O–H groups in total. The molecule has 0 fully saturated rings. The minimum absolute atomic E-state index is 0.489. The molecule has 0 saturated carbocycles. The van der Waals surface area contributed by atoms with E-state index in [1.165, 1.54) is 5.56 Å². The lowest BCUT2D eigenvalue weighted by molar-refractivity contribution is 0.304. The van der Waals surface area contributed by atoms with Crippen LogP contribution in [0.3, 0.4) is 0 Å². The van der Waals surface area contributed by atoms with Crippen molar-refractivity contribution in [2.45, 2.75) is 18.9 Å². The van der Waals surface area contributed by atoms with E-state index >= 15 is 0 Å². The zero-order valence-corrected chi connectivity index (χ0v) is 13.5. The third-order valence-corrected chi connectivity index (χ3v) is 3.80. The summed E-state index contributed by atoms with van der Waals surface area (Å²) in [4.78, 5) is 0. The summed E-state index contributed by atoms with van der Waals surface area (Å²) in [6.45, 7) is 2.55. The maximum atomic E-state index is 6.18. The van der Waals surface area contributed by atoms with E-state index in [2.05, 4.69) is 35.0 Å². The fraction of sp³-hybridized carbons (Fsp3) is 0.200. The van der Waals surface area contributed by atoms with Gasteiger partial charge in [0.15, 0.2) is 0 Å². The predicted octanol–water partition coefficient (Wildman–Crippen LogP) is 5.78. The number of hydrogen-bond acceptors (Lipinski definition) is 1. The molecule has 2 aromatic carbocycles. The fourth-order valence-electron chi connectivity index (χ4n) is 1.83. The Labute approximate surface area is 131 Å². The van der Waals surface area contributed by atoms with Gasteiger partial charge >= 0.3 is 0 Å². The second-order valence-electron chi connectivity index (χ2n) is 4.29. The van der Waals surface area contributed by atoms with Crippen molar-refractivity contribution in [1.29, 1.82) is 0 Å². The highest BCUT2D eigenvalue weighted by Gasteiger charge is 2.10. The standard InChI is InChI=1S/C15H13BrCl2O/c1-10-3-2-4-11(5-10)9-19-15-12(8-16)6-13(17)7-14(15)18/h2-7H,8-9H2,1H3.